The van der Waals surface area contributed by atoms with Crippen LogP contribution in [0.5, 0.6) is 5.75 Å². The lowest BCUT2D eigenvalue weighted by atomic mass is 10.1. The van der Waals surface area contributed by atoms with Crippen LogP contribution < -0.4 is 10.5 Å². The lowest BCUT2D eigenvalue weighted by molar-refractivity contribution is -0.160. The Bertz CT molecular complexity index is 1200. The molecule has 2 aliphatic heterocycles. The van der Waals surface area contributed by atoms with Crippen molar-refractivity contribution >= 4 is 11.9 Å². The molecule has 0 spiro atoms. The molecule has 2 aliphatic rings. The van der Waals surface area contributed by atoms with Crippen LogP contribution in [0, 0.1) is 0 Å². The largest absolute Gasteiger partial charge is 0.489 e. The first-order chi connectivity index (χ1) is 19.5. The maximum atomic E-state index is 13.2. The summed E-state index contributed by atoms with van der Waals surface area (Å²) >= 11 is 0. The molecule has 4 rings (SSSR count). The van der Waals surface area contributed by atoms with Gasteiger partial charge >= 0.3 is 5.97 Å². The molecule has 1 amide bonds. The zero-order chi connectivity index (χ0) is 29.7. The van der Waals surface area contributed by atoms with Gasteiger partial charge in [-0.2, -0.15) is 0 Å². The fourth-order valence-electron chi connectivity index (χ4n) is 5.46. The van der Waals surface area contributed by atoms with Crippen molar-refractivity contribution < 1.29 is 34.0 Å². The molecule has 0 saturated carbocycles. The van der Waals surface area contributed by atoms with Gasteiger partial charge in [0.15, 0.2) is 6.29 Å². The van der Waals surface area contributed by atoms with Gasteiger partial charge in [-0.15, -0.1) is 0 Å². The van der Waals surface area contributed by atoms with E-state index in [4.69, 9.17) is 19.9 Å². The van der Waals surface area contributed by atoms with Crippen molar-refractivity contribution in [3.8, 4) is 5.75 Å². The highest BCUT2D eigenvalue weighted by molar-refractivity contribution is 5.99. The highest BCUT2D eigenvalue weighted by Gasteiger charge is 2.37. The summed E-state index contributed by atoms with van der Waals surface area (Å²) in [6.45, 7) is 7.77. The smallest absolute Gasteiger partial charge is 0.323 e. The van der Waals surface area contributed by atoms with E-state index >= 15 is 0 Å². The fourth-order valence-corrected chi connectivity index (χ4v) is 5.46. The maximum absolute atomic E-state index is 13.2. The molecule has 0 aromatic heterocycles. The average Bonchev–Trinajstić information content (AvgIpc) is 3.52. The van der Waals surface area contributed by atoms with Crippen molar-refractivity contribution in [3.05, 3.63) is 64.7 Å². The van der Waals surface area contributed by atoms with Gasteiger partial charge in [0.05, 0.1) is 12.6 Å². The number of fused-ring (bicyclic) bond motifs is 1. The van der Waals surface area contributed by atoms with Gasteiger partial charge < -0.3 is 35.1 Å². The number of aliphatic hydroxyl groups excluding tert-OH is 2. The topological polar surface area (TPSA) is 135 Å². The third-order valence-corrected chi connectivity index (χ3v) is 7.57. The monoisotopic (exact) mass is 569 g/mol. The van der Waals surface area contributed by atoms with Gasteiger partial charge in [0.1, 0.15) is 30.2 Å². The van der Waals surface area contributed by atoms with Crippen LogP contribution in [0.4, 0.5) is 0 Å². The summed E-state index contributed by atoms with van der Waals surface area (Å²) in [4.78, 5) is 29.5. The first-order valence-corrected chi connectivity index (χ1v) is 14.2. The number of carbonyl (C=O) groups is 2. The van der Waals surface area contributed by atoms with Gasteiger partial charge in [0, 0.05) is 31.2 Å². The number of carbonyl (C=O) groups excluding carboxylic acids is 2. The normalized spacial score (nSPS) is 19.6. The SMILES string of the molecule is CO[C@H](O)CC[C@@H]([C@@H](N)O)N1Cc2c(OCc3ccc(CN4CCCC4C(=O)OC(C)(C)C)cc3)cccc2C1=O. The summed E-state index contributed by atoms with van der Waals surface area (Å²) in [5.41, 5.74) is 8.64. The second kappa shape index (κ2) is 13.3. The van der Waals surface area contributed by atoms with Gasteiger partial charge in [-0.05, 0) is 69.8 Å². The van der Waals surface area contributed by atoms with E-state index in [9.17, 15) is 19.8 Å². The summed E-state index contributed by atoms with van der Waals surface area (Å²) in [5.74, 6) is 0.206. The van der Waals surface area contributed by atoms with Crippen LogP contribution in [-0.4, -0.2) is 75.7 Å². The van der Waals surface area contributed by atoms with Gasteiger partial charge in [0.2, 0.25) is 0 Å². The van der Waals surface area contributed by atoms with Crippen LogP contribution in [0.15, 0.2) is 42.5 Å². The summed E-state index contributed by atoms with van der Waals surface area (Å²) in [6.07, 6.45) is 0.0298. The molecule has 10 nitrogen and oxygen atoms in total. The van der Waals surface area contributed by atoms with Crippen molar-refractivity contribution in [1.82, 2.24) is 9.80 Å². The second-order valence-corrected chi connectivity index (χ2v) is 11.8. The van der Waals surface area contributed by atoms with Crippen LogP contribution in [0.2, 0.25) is 0 Å². The van der Waals surface area contributed by atoms with E-state index in [-0.39, 0.29) is 37.3 Å². The van der Waals surface area contributed by atoms with E-state index in [0.717, 1.165) is 36.1 Å². The third-order valence-electron chi connectivity index (χ3n) is 7.57. The number of rotatable bonds is 12. The lowest BCUT2D eigenvalue weighted by Crippen LogP contribution is -2.48. The minimum atomic E-state index is -1.26. The molecular weight excluding hydrogens is 526 g/mol. The Labute approximate surface area is 242 Å². The number of methoxy groups -OCH3 is 1. The standard InChI is InChI=1S/C31H43N3O7/c1-31(2,3)41-30(38)25-8-6-16-33(25)17-20-10-12-21(13-11-20)19-40-26-9-5-7-22-23(26)18-34(29(22)37)24(28(32)36)14-15-27(35)39-4/h5,7,9-13,24-25,27-28,35-36H,6,8,14-19,32H2,1-4H3/t24-,25?,27-,28-/m0/s1. The number of esters is 1. The molecule has 2 aromatic carbocycles. The summed E-state index contributed by atoms with van der Waals surface area (Å²) in [6, 6.07) is 12.6. The highest BCUT2D eigenvalue weighted by atomic mass is 16.6. The predicted molar refractivity (Wildman–Crippen MR) is 153 cm³/mol. The van der Waals surface area contributed by atoms with Gasteiger partial charge in [-0.25, -0.2) is 0 Å². The Morgan fingerprint density at radius 3 is 2.46 bits per heavy atom. The van der Waals surface area contributed by atoms with Crippen LogP contribution in [0.25, 0.3) is 0 Å². The van der Waals surface area contributed by atoms with E-state index in [2.05, 4.69) is 4.90 Å². The Hall–Kier alpha value is -3.02. The first-order valence-electron chi connectivity index (χ1n) is 14.2. The molecule has 2 aromatic rings. The molecule has 0 radical (unpaired) electrons. The van der Waals surface area contributed by atoms with Crippen molar-refractivity contribution in [2.24, 2.45) is 5.73 Å². The van der Waals surface area contributed by atoms with E-state index in [1.165, 1.54) is 12.0 Å². The number of aliphatic hydroxyl groups is 2. The molecule has 1 unspecified atom stereocenters. The molecular formula is C31H43N3O7. The number of amides is 1. The number of hydrogen-bond acceptors (Lipinski definition) is 9. The van der Waals surface area contributed by atoms with Crippen LogP contribution in [0.1, 0.15) is 73.5 Å². The zero-order valence-corrected chi connectivity index (χ0v) is 24.4. The van der Waals surface area contributed by atoms with Gasteiger partial charge in [-0.1, -0.05) is 30.3 Å². The van der Waals surface area contributed by atoms with E-state index in [0.29, 0.717) is 24.5 Å². The zero-order valence-electron chi connectivity index (χ0n) is 24.4. The summed E-state index contributed by atoms with van der Waals surface area (Å²) in [7, 11) is 1.39. The molecule has 10 heteroatoms. The maximum Gasteiger partial charge on any atom is 0.323 e. The minimum Gasteiger partial charge on any atom is -0.489 e. The predicted octanol–water partition coefficient (Wildman–Crippen LogP) is 2.92. The van der Waals surface area contributed by atoms with Crippen molar-refractivity contribution in [3.63, 3.8) is 0 Å². The van der Waals surface area contributed by atoms with Crippen molar-refractivity contribution in [1.29, 1.82) is 0 Å². The number of hydrogen-bond donors (Lipinski definition) is 3. The fraction of sp³-hybridized carbons (Fsp3) is 0.548. The Kier molecular flexibility index (Phi) is 10.0. The second-order valence-electron chi connectivity index (χ2n) is 11.8. The number of nitrogens with zero attached hydrogens (tertiary/aromatic N) is 2. The number of benzene rings is 2. The molecule has 4 N–H and O–H groups in total. The van der Waals surface area contributed by atoms with Crippen molar-refractivity contribution in [2.45, 2.75) is 96.4 Å². The van der Waals surface area contributed by atoms with E-state index in [1.807, 2.05) is 51.1 Å². The summed E-state index contributed by atoms with van der Waals surface area (Å²) < 4.78 is 16.7. The molecule has 4 atom stereocenters. The molecule has 2 heterocycles. The Morgan fingerprint density at radius 2 is 1.80 bits per heavy atom. The molecule has 0 aliphatic carbocycles. The average molecular weight is 570 g/mol. The van der Waals surface area contributed by atoms with E-state index in [1.54, 1.807) is 12.1 Å². The third kappa shape index (κ3) is 7.84. The summed E-state index contributed by atoms with van der Waals surface area (Å²) in [5, 5.41) is 19.9. The van der Waals surface area contributed by atoms with Gasteiger partial charge in [-0.3, -0.25) is 14.5 Å². The number of likely N-dealkylation sites (tertiary alicyclic amines) is 1. The number of nitrogens with two attached hydrogens (primary N) is 1. The molecule has 1 fully saturated rings. The quantitative estimate of drug-likeness (QED) is 0.260. The van der Waals surface area contributed by atoms with Crippen LogP contribution >= 0.6 is 0 Å². The van der Waals surface area contributed by atoms with Crippen molar-refractivity contribution in [2.75, 3.05) is 13.7 Å². The first kappa shape index (κ1) is 30.9. The lowest BCUT2D eigenvalue weighted by Gasteiger charge is -2.30. The molecule has 41 heavy (non-hydrogen) atoms. The Balaban J connectivity index is 1.37. The molecule has 224 valence electrons. The molecule has 1 saturated heterocycles. The van der Waals surface area contributed by atoms with Crippen LogP contribution in [-0.2, 0) is 34.0 Å². The van der Waals surface area contributed by atoms with Gasteiger partial charge in [0.25, 0.3) is 5.91 Å². The minimum absolute atomic E-state index is 0.160. The van der Waals surface area contributed by atoms with E-state index < -0.39 is 24.2 Å². The highest BCUT2D eigenvalue weighted by Crippen LogP contribution is 2.34. The molecule has 0 bridgehead atoms. The Morgan fingerprint density at radius 1 is 1.10 bits per heavy atom. The van der Waals surface area contributed by atoms with Crippen LogP contribution in [0.3, 0.4) is 0 Å². The number of ether oxygens (including phenoxy) is 3.